The molecule has 0 bridgehead atoms. The highest BCUT2D eigenvalue weighted by Crippen LogP contribution is 2.58. The Bertz CT molecular complexity index is 1270. The van der Waals surface area contributed by atoms with Crippen LogP contribution < -0.4 is 10.1 Å². The highest BCUT2D eigenvalue weighted by Gasteiger charge is 2.49. The van der Waals surface area contributed by atoms with E-state index in [2.05, 4.69) is 55.8 Å². The topological polar surface area (TPSA) is 80.6 Å². The summed E-state index contributed by atoms with van der Waals surface area (Å²) in [5, 5.41) is 12.4. The number of nitrogens with zero attached hydrogens (tertiary/aromatic N) is 1. The van der Waals surface area contributed by atoms with Crippen molar-refractivity contribution < 1.29 is 19.4 Å². The van der Waals surface area contributed by atoms with E-state index in [0.717, 1.165) is 36.7 Å². The molecule has 0 saturated heterocycles. The summed E-state index contributed by atoms with van der Waals surface area (Å²) in [5.74, 6) is 0.525. The van der Waals surface area contributed by atoms with Crippen LogP contribution in [0.5, 0.6) is 5.75 Å². The fourth-order valence-electron chi connectivity index (χ4n) is 7.21. The van der Waals surface area contributed by atoms with Crippen LogP contribution in [-0.2, 0) is 22.2 Å². The van der Waals surface area contributed by atoms with Crippen molar-refractivity contribution in [3.63, 3.8) is 0 Å². The minimum absolute atomic E-state index is 0.0611. The van der Waals surface area contributed by atoms with E-state index >= 15 is 0 Å². The molecular weight excluding hydrogens is 488 g/mol. The Kier molecular flexibility index (Phi) is 6.59. The molecule has 39 heavy (non-hydrogen) atoms. The molecule has 1 aromatic heterocycles. The third kappa shape index (κ3) is 4.89. The van der Waals surface area contributed by atoms with E-state index in [9.17, 15) is 14.7 Å². The van der Waals surface area contributed by atoms with Gasteiger partial charge in [0.2, 0.25) is 0 Å². The van der Waals surface area contributed by atoms with Gasteiger partial charge < -0.3 is 19.7 Å². The van der Waals surface area contributed by atoms with Crippen LogP contribution >= 0.6 is 0 Å². The number of hydrogen-bond donors (Lipinski definition) is 2. The molecule has 2 N–H and O–H groups in total. The number of carbonyl (C=O) groups is 2. The van der Waals surface area contributed by atoms with Gasteiger partial charge >= 0.3 is 5.97 Å². The predicted octanol–water partition coefficient (Wildman–Crippen LogP) is 6.75. The summed E-state index contributed by atoms with van der Waals surface area (Å²) in [4.78, 5) is 24.8. The monoisotopic (exact) mass is 532 g/mol. The molecule has 0 atom stereocenters. The first-order chi connectivity index (χ1) is 18.6. The van der Waals surface area contributed by atoms with E-state index in [0.29, 0.717) is 24.3 Å². The van der Waals surface area contributed by atoms with Gasteiger partial charge in [0.05, 0.1) is 18.1 Å². The number of benzene rings is 1. The molecule has 6 heteroatoms. The lowest BCUT2D eigenvalue weighted by molar-refractivity contribution is -0.145. The maximum atomic E-state index is 13.5. The number of carbonyl (C=O) groups excluding carboxylic acids is 1. The van der Waals surface area contributed by atoms with Crippen LogP contribution in [0.15, 0.2) is 18.2 Å². The zero-order chi connectivity index (χ0) is 27.5. The molecule has 3 aliphatic carbocycles. The van der Waals surface area contributed by atoms with Gasteiger partial charge in [-0.05, 0) is 87.0 Å². The predicted molar refractivity (Wildman–Crippen MR) is 153 cm³/mol. The maximum absolute atomic E-state index is 13.5. The largest absolute Gasteiger partial charge is 0.493 e. The Labute approximate surface area is 232 Å². The number of hydrogen-bond acceptors (Lipinski definition) is 3. The molecule has 1 spiro atoms. The fourth-order valence-corrected chi connectivity index (χ4v) is 7.21. The van der Waals surface area contributed by atoms with Crippen LogP contribution in [0, 0.1) is 18.8 Å². The van der Waals surface area contributed by atoms with Crippen LogP contribution in [0.3, 0.4) is 0 Å². The van der Waals surface area contributed by atoms with Crippen molar-refractivity contribution in [2.45, 2.75) is 115 Å². The number of amides is 1. The number of fused-ring (bicyclic) bond motifs is 2. The second kappa shape index (κ2) is 9.71. The van der Waals surface area contributed by atoms with Gasteiger partial charge in [0, 0.05) is 40.5 Å². The van der Waals surface area contributed by atoms with Gasteiger partial charge in [-0.25, -0.2) is 0 Å². The Morgan fingerprint density at radius 1 is 1.08 bits per heavy atom. The average molecular weight is 533 g/mol. The Balaban J connectivity index is 1.41. The van der Waals surface area contributed by atoms with Crippen LogP contribution in [-0.4, -0.2) is 34.2 Å². The van der Waals surface area contributed by atoms with Crippen molar-refractivity contribution in [2.75, 3.05) is 6.61 Å². The van der Waals surface area contributed by atoms with Crippen molar-refractivity contribution >= 4 is 11.9 Å². The average Bonchev–Trinajstić information content (AvgIpc) is 3.57. The zero-order valence-corrected chi connectivity index (χ0v) is 24.1. The number of carboxylic acids is 1. The van der Waals surface area contributed by atoms with Crippen LogP contribution in [0.1, 0.15) is 112 Å². The summed E-state index contributed by atoms with van der Waals surface area (Å²) in [7, 11) is 0. The summed E-state index contributed by atoms with van der Waals surface area (Å²) in [5.41, 5.74) is 6.84. The molecule has 6 rings (SSSR count). The van der Waals surface area contributed by atoms with Crippen LogP contribution in [0.25, 0.3) is 11.3 Å². The highest BCUT2D eigenvalue weighted by molar-refractivity contribution is 5.97. The summed E-state index contributed by atoms with van der Waals surface area (Å²) >= 11 is 0. The van der Waals surface area contributed by atoms with Crippen LogP contribution in [0.2, 0.25) is 0 Å². The Morgan fingerprint density at radius 3 is 2.44 bits per heavy atom. The van der Waals surface area contributed by atoms with E-state index in [1.807, 2.05) is 0 Å². The SMILES string of the molecule is Cc1c(C(=O)N[C@H]2C[C@@H](C(=O)O)C2)cc(-c2cc(C(C)(C)C)c3c(c2)C2(CCO3)CC2)n1CC1CCCCC1. The summed E-state index contributed by atoms with van der Waals surface area (Å²) in [6.45, 7) is 10.6. The molecule has 3 fully saturated rings. The molecule has 2 heterocycles. The van der Waals surface area contributed by atoms with Gasteiger partial charge in [-0.2, -0.15) is 0 Å². The summed E-state index contributed by atoms with van der Waals surface area (Å²) in [6, 6.07) is 6.72. The van der Waals surface area contributed by atoms with Gasteiger partial charge in [-0.3, -0.25) is 9.59 Å². The fraction of sp³-hybridized carbons (Fsp3) is 0.636. The first kappa shape index (κ1) is 26.5. The smallest absolute Gasteiger partial charge is 0.306 e. The quantitative estimate of drug-likeness (QED) is 0.431. The second-order valence-corrected chi connectivity index (χ2v) is 13.8. The molecular formula is C33H44N2O4. The van der Waals surface area contributed by atoms with Gasteiger partial charge in [-0.15, -0.1) is 0 Å². The van der Waals surface area contributed by atoms with Crippen molar-refractivity contribution in [3.05, 3.63) is 40.6 Å². The van der Waals surface area contributed by atoms with E-state index in [-0.39, 0.29) is 28.7 Å². The number of aliphatic carboxylic acids is 1. The van der Waals surface area contributed by atoms with Crippen molar-refractivity contribution in [1.82, 2.24) is 9.88 Å². The first-order valence-corrected chi connectivity index (χ1v) is 15.1. The van der Waals surface area contributed by atoms with Crippen molar-refractivity contribution in [1.29, 1.82) is 0 Å². The van der Waals surface area contributed by atoms with Crippen molar-refractivity contribution in [2.24, 2.45) is 11.8 Å². The van der Waals surface area contributed by atoms with Gasteiger partial charge in [-0.1, -0.05) is 40.0 Å². The highest BCUT2D eigenvalue weighted by atomic mass is 16.5. The van der Waals surface area contributed by atoms with Crippen molar-refractivity contribution in [3.8, 4) is 17.0 Å². The molecule has 0 radical (unpaired) electrons. The lowest BCUT2D eigenvalue weighted by Crippen LogP contribution is -2.46. The zero-order valence-electron chi connectivity index (χ0n) is 24.1. The van der Waals surface area contributed by atoms with Gasteiger partial charge in [0.25, 0.3) is 5.91 Å². The van der Waals surface area contributed by atoms with E-state index in [1.165, 1.54) is 61.6 Å². The second-order valence-electron chi connectivity index (χ2n) is 13.8. The Morgan fingerprint density at radius 2 is 1.79 bits per heavy atom. The molecule has 1 aliphatic heterocycles. The lowest BCUT2D eigenvalue weighted by atomic mass is 9.79. The number of rotatable bonds is 6. The van der Waals surface area contributed by atoms with Gasteiger partial charge in [0.1, 0.15) is 5.75 Å². The lowest BCUT2D eigenvalue weighted by Gasteiger charge is -2.33. The molecule has 6 nitrogen and oxygen atoms in total. The number of nitrogens with one attached hydrogen (secondary N) is 1. The number of carboxylic acid groups (broad SMARTS) is 1. The van der Waals surface area contributed by atoms with Gasteiger partial charge in [0.15, 0.2) is 0 Å². The minimum Gasteiger partial charge on any atom is -0.493 e. The van der Waals surface area contributed by atoms with E-state index in [1.54, 1.807) is 0 Å². The molecule has 3 saturated carbocycles. The standard InChI is InChI=1S/C33H44N2O4/c1-20-25(30(36)34-24-14-23(15-24)31(37)38)18-28(35(20)19-21-8-6-5-7-9-21)22-16-26(32(2,3)4)29-27(17-22)33(10-11-33)12-13-39-29/h16-18,21,23-24H,5-15,19H2,1-4H3,(H,34,36)(H,37,38)/t23-,24+. The summed E-state index contributed by atoms with van der Waals surface area (Å²) < 4.78 is 8.75. The minimum atomic E-state index is -0.767. The molecule has 2 aromatic rings. The number of ether oxygens (including phenoxy) is 1. The van der Waals surface area contributed by atoms with E-state index in [4.69, 9.17) is 4.74 Å². The molecule has 210 valence electrons. The molecule has 1 amide bonds. The third-order valence-electron chi connectivity index (χ3n) is 10.0. The maximum Gasteiger partial charge on any atom is 0.306 e. The molecule has 0 unspecified atom stereocenters. The number of aromatic nitrogens is 1. The molecule has 4 aliphatic rings. The van der Waals surface area contributed by atoms with Crippen LogP contribution in [0.4, 0.5) is 0 Å². The summed E-state index contributed by atoms with van der Waals surface area (Å²) in [6.07, 6.45) is 10.9. The third-order valence-corrected chi connectivity index (χ3v) is 10.0. The first-order valence-electron chi connectivity index (χ1n) is 15.1. The van der Waals surface area contributed by atoms with E-state index < -0.39 is 5.97 Å². The normalized spacial score (nSPS) is 24.0. The molecule has 1 aromatic carbocycles. The Hall–Kier alpha value is -2.76.